The van der Waals surface area contributed by atoms with E-state index < -0.39 is 6.04 Å². The van der Waals surface area contributed by atoms with Crippen molar-refractivity contribution < 1.29 is 9.59 Å². The van der Waals surface area contributed by atoms with Crippen LogP contribution < -0.4 is 10.6 Å². The van der Waals surface area contributed by atoms with Crippen LogP contribution in [0.25, 0.3) is 0 Å². The van der Waals surface area contributed by atoms with E-state index in [9.17, 15) is 9.59 Å². The lowest BCUT2D eigenvalue weighted by Gasteiger charge is -2.20. The summed E-state index contributed by atoms with van der Waals surface area (Å²) in [7, 11) is 0. The molecule has 0 radical (unpaired) electrons. The van der Waals surface area contributed by atoms with E-state index in [4.69, 9.17) is 0 Å². The second kappa shape index (κ2) is 8.13. The van der Waals surface area contributed by atoms with E-state index in [1.807, 2.05) is 13.8 Å². The van der Waals surface area contributed by atoms with Gasteiger partial charge in [0, 0.05) is 13.5 Å². The first kappa shape index (κ1) is 14.9. The van der Waals surface area contributed by atoms with E-state index in [0.717, 1.165) is 19.3 Å². The Hall–Kier alpha value is -1.06. The van der Waals surface area contributed by atoms with Gasteiger partial charge in [-0.2, -0.15) is 0 Å². The van der Waals surface area contributed by atoms with Gasteiger partial charge in [-0.05, 0) is 12.3 Å². The van der Waals surface area contributed by atoms with Crippen molar-refractivity contribution in [3.05, 3.63) is 0 Å². The minimum absolute atomic E-state index is 0.0821. The Labute approximate surface area is 98.2 Å². The zero-order valence-electron chi connectivity index (χ0n) is 10.8. The van der Waals surface area contributed by atoms with Crippen LogP contribution in [0.2, 0.25) is 0 Å². The van der Waals surface area contributed by atoms with Crippen molar-refractivity contribution in [2.24, 2.45) is 5.92 Å². The van der Waals surface area contributed by atoms with Crippen molar-refractivity contribution in [1.29, 1.82) is 0 Å². The molecule has 0 heterocycles. The lowest BCUT2D eigenvalue weighted by Crippen LogP contribution is -2.49. The highest BCUT2D eigenvalue weighted by Gasteiger charge is 2.22. The molecule has 94 valence electrons. The number of hydrogen-bond acceptors (Lipinski definition) is 2. The van der Waals surface area contributed by atoms with Crippen molar-refractivity contribution >= 4 is 11.8 Å². The van der Waals surface area contributed by atoms with E-state index >= 15 is 0 Å². The van der Waals surface area contributed by atoms with Crippen LogP contribution in [0.3, 0.4) is 0 Å². The minimum Gasteiger partial charge on any atom is -0.354 e. The third-order valence-electron chi connectivity index (χ3n) is 2.39. The zero-order chi connectivity index (χ0) is 12.6. The molecule has 0 aliphatic carbocycles. The molecule has 2 N–H and O–H groups in total. The second-order valence-electron chi connectivity index (χ2n) is 4.42. The number of amides is 2. The predicted molar refractivity (Wildman–Crippen MR) is 65.0 cm³/mol. The molecule has 0 spiro atoms. The highest BCUT2D eigenvalue weighted by Crippen LogP contribution is 2.02. The smallest absolute Gasteiger partial charge is 0.242 e. The maximum atomic E-state index is 11.8. The highest BCUT2D eigenvalue weighted by atomic mass is 16.2. The molecule has 1 atom stereocenters. The normalized spacial score (nSPS) is 12.3. The van der Waals surface area contributed by atoms with Crippen molar-refractivity contribution in [2.45, 2.75) is 53.0 Å². The molecule has 0 rings (SSSR count). The van der Waals surface area contributed by atoms with E-state index in [1.54, 1.807) is 0 Å². The third-order valence-corrected chi connectivity index (χ3v) is 2.39. The van der Waals surface area contributed by atoms with Gasteiger partial charge in [-0.15, -0.1) is 0 Å². The maximum absolute atomic E-state index is 11.8. The van der Waals surface area contributed by atoms with Crippen LogP contribution in [0.5, 0.6) is 0 Å². The second-order valence-corrected chi connectivity index (χ2v) is 4.42. The van der Waals surface area contributed by atoms with Gasteiger partial charge in [0.15, 0.2) is 0 Å². The van der Waals surface area contributed by atoms with Gasteiger partial charge in [0.05, 0.1) is 0 Å². The molecule has 2 amide bonds. The van der Waals surface area contributed by atoms with Crippen molar-refractivity contribution in [3.63, 3.8) is 0 Å². The fourth-order valence-corrected chi connectivity index (χ4v) is 1.45. The van der Waals surface area contributed by atoms with Crippen LogP contribution >= 0.6 is 0 Å². The van der Waals surface area contributed by atoms with Gasteiger partial charge in [0.25, 0.3) is 0 Å². The summed E-state index contributed by atoms with van der Waals surface area (Å²) in [5.41, 5.74) is 0. The molecular formula is C12H24N2O2. The molecule has 0 saturated heterocycles. The first-order chi connectivity index (χ1) is 7.49. The van der Waals surface area contributed by atoms with Gasteiger partial charge < -0.3 is 10.6 Å². The summed E-state index contributed by atoms with van der Waals surface area (Å²) in [5, 5.41) is 5.52. The fourth-order valence-electron chi connectivity index (χ4n) is 1.45. The molecule has 0 bridgehead atoms. The third kappa shape index (κ3) is 6.43. The minimum atomic E-state index is -0.417. The van der Waals surface area contributed by atoms with E-state index in [0.29, 0.717) is 6.54 Å². The average Bonchev–Trinajstić information content (AvgIpc) is 2.20. The summed E-state index contributed by atoms with van der Waals surface area (Å²) >= 11 is 0. The Morgan fingerprint density at radius 2 is 1.81 bits per heavy atom. The van der Waals surface area contributed by atoms with Gasteiger partial charge in [-0.1, -0.05) is 33.6 Å². The number of nitrogens with one attached hydrogen (secondary N) is 2. The number of carbonyl (C=O) groups is 2. The summed E-state index contributed by atoms with van der Waals surface area (Å²) in [6.07, 6.45) is 3.25. The van der Waals surface area contributed by atoms with Crippen LogP contribution in [-0.2, 0) is 9.59 Å². The lowest BCUT2D eigenvalue weighted by atomic mass is 10.0. The molecule has 0 aromatic heterocycles. The van der Waals surface area contributed by atoms with Crippen LogP contribution in [-0.4, -0.2) is 24.4 Å². The topological polar surface area (TPSA) is 58.2 Å². The summed E-state index contributed by atoms with van der Waals surface area (Å²) in [4.78, 5) is 22.7. The Morgan fingerprint density at radius 1 is 1.19 bits per heavy atom. The molecule has 4 nitrogen and oxygen atoms in total. The van der Waals surface area contributed by atoms with Crippen molar-refractivity contribution in [1.82, 2.24) is 10.6 Å². The number of carbonyl (C=O) groups excluding carboxylic acids is 2. The van der Waals surface area contributed by atoms with E-state index in [1.165, 1.54) is 6.92 Å². The molecule has 0 aliphatic rings. The SMILES string of the molecule is CCCCCNC(=O)C(NC(C)=O)C(C)C. The summed E-state index contributed by atoms with van der Waals surface area (Å²) in [5.74, 6) is -0.140. The Bertz CT molecular complexity index is 227. The summed E-state index contributed by atoms with van der Waals surface area (Å²) in [6, 6.07) is -0.417. The molecule has 0 saturated carbocycles. The van der Waals surface area contributed by atoms with Crippen LogP contribution in [0.1, 0.15) is 47.0 Å². The number of unbranched alkanes of at least 4 members (excludes halogenated alkanes) is 2. The maximum Gasteiger partial charge on any atom is 0.242 e. The van der Waals surface area contributed by atoms with Crippen molar-refractivity contribution in [3.8, 4) is 0 Å². The lowest BCUT2D eigenvalue weighted by molar-refractivity contribution is -0.129. The molecule has 0 fully saturated rings. The number of hydrogen-bond donors (Lipinski definition) is 2. The molecule has 4 heteroatoms. The van der Waals surface area contributed by atoms with Gasteiger partial charge in [-0.25, -0.2) is 0 Å². The molecule has 0 aliphatic heterocycles. The summed E-state index contributed by atoms with van der Waals surface area (Å²) < 4.78 is 0. The fraction of sp³-hybridized carbons (Fsp3) is 0.833. The standard InChI is InChI=1S/C12H24N2O2/c1-5-6-7-8-13-12(16)11(9(2)3)14-10(4)15/h9,11H,5-8H2,1-4H3,(H,13,16)(H,14,15). The van der Waals surface area contributed by atoms with Crippen LogP contribution in [0.15, 0.2) is 0 Å². The molecule has 1 unspecified atom stereocenters. The van der Waals surface area contributed by atoms with Crippen molar-refractivity contribution in [2.75, 3.05) is 6.54 Å². The highest BCUT2D eigenvalue weighted by molar-refractivity contribution is 5.86. The van der Waals surface area contributed by atoms with Gasteiger partial charge >= 0.3 is 0 Å². The quantitative estimate of drug-likeness (QED) is 0.648. The first-order valence-electron chi connectivity index (χ1n) is 6.03. The average molecular weight is 228 g/mol. The predicted octanol–water partition coefficient (Wildman–Crippen LogP) is 1.45. The van der Waals surface area contributed by atoms with Crippen LogP contribution in [0.4, 0.5) is 0 Å². The Morgan fingerprint density at radius 3 is 2.25 bits per heavy atom. The molecular weight excluding hydrogens is 204 g/mol. The number of rotatable bonds is 7. The molecule has 16 heavy (non-hydrogen) atoms. The molecule has 0 aromatic rings. The van der Waals surface area contributed by atoms with E-state index in [2.05, 4.69) is 17.6 Å². The Kier molecular flexibility index (Phi) is 7.60. The molecule has 0 aromatic carbocycles. The van der Waals surface area contributed by atoms with Gasteiger partial charge in [0.1, 0.15) is 6.04 Å². The first-order valence-corrected chi connectivity index (χ1v) is 6.03. The van der Waals surface area contributed by atoms with E-state index in [-0.39, 0.29) is 17.7 Å². The Balaban J connectivity index is 4.02. The van der Waals surface area contributed by atoms with Gasteiger partial charge in [-0.3, -0.25) is 9.59 Å². The van der Waals surface area contributed by atoms with Crippen LogP contribution in [0, 0.1) is 5.92 Å². The van der Waals surface area contributed by atoms with Gasteiger partial charge in [0.2, 0.25) is 11.8 Å². The summed E-state index contributed by atoms with van der Waals surface area (Å²) in [6.45, 7) is 8.09. The largest absolute Gasteiger partial charge is 0.354 e. The monoisotopic (exact) mass is 228 g/mol. The zero-order valence-corrected chi connectivity index (χ0v) is 10.8.